The molecule has 0 spiro atoms. The maximum absolute atomic E-state index is 11.0. The van der Waals surface area contributed by atoms with Gasteiger partial charge in [-0.05, 0) is 19.3 Å². The maximum atomic E-state index is 11.0. The molecule has 0 saturated heterocycles. The number of Topliss-reactive ketones (excluding diaryl/α,β-unsaturated/α-hetero) is 1. The first-order valence-electron chi connectivity index (χ1n) is 3.51. The molecular formula is C8H8ClNO. The fraction of sp³-hybridized carbons (Fsp3) is 0.500. The second kappa shape index (κ2) is 3.54. The highest BCUT2D eigenvalue weighted by Crippen LogP contribution is 2.25. The molecule has 11 heavy (non-hydrogen) atoms. The van der Waals surface area contributed by atoms with E-state index in [4.69, 9.17) is 16.9 Å². The molecule has 0 aromatic heterocycles. The van der Waals surface area contributed by atoms with Crippen molar-refractivity contribution in [2.75, 3.05) is 5.88 Å². The van der Waals surface area contributed by atoms with Gasteiger partial charge in [0.2, 0.25) is 0 Å². The SMILES string of the molecule is N#CC1=C(C(=O)CCl)CCC1. The molecule has 0 radical (unpaired) electrons. The van der Waals surface area contributed by atoms with Crippen molar-refractivity contribution in [1.82, 2.24) is 0 Å². The van der Waals surface area contributed by atoms with E-state index in [1.807, 2.05) is 6.07 Å². The van der Waals surface area contributed by atoms with E-state index in [0.717, 1.165) is 19.3 Å². The summed E-state index contributed by atoms with van der Waals surface area (Å²) in [6.45, 7) is 0. The standard InChI is InChI=1S/C8H8ClNO/c9-4-8(11)7-3-1-2-6(7)5-10/h1-4H2. The lowest BCUT2D eigenvalue weighted by molar-refractivity contribution is -0.113. The van der Waals surface area contributed by atoms with E-state index in [9.17, 15) is 4.79 Å². The van der Waals surface area contributed by atoms with Gasteiger partial charge in [0.15, 0.2) is 5.78 Å². The molecule has 0 saturated carbocycles. The minimum Gasteiger partial charge on any atom is -0.293 e. The van der Waals surface area contributed by atoms with Crippen molar-refractivity contribution in [3.05, 3.63) is 11.1 Å². The lowest BCUT2D eigenvalue weighted by Crippen LogP contribution is -2.02. The summed E-state index contributed by atoms with van der Waals surface area (Å²) >= 11 is 5.36. The topological polar surface area (TPSA) is 40.9 Å². The van der Waals surface area contributed by atoms with Crippen LogP contribution in [0.4, 0.5) is 0 Å². The van der Waals surface area contributed by atoms with Crippen LogP contribution in [-0.2, 0) is 4.79 Å². The van der Waals surface area contributed by atoms with Crippen molar-refractivity contribution in [3.8, 4) is 6.07 Å². The molecule has 0 aromatic carbocycles. The van der Waals surface area contributed by atoms with Crippen molar-refractivity contribution >= 4 is 17.4 Å². The molecule has 0 unspecified atom stereocenters. The lowest BCUT2D eigenvalue weighted by atomic mass is 10.1. The van der Waals surface area contributed by atoms with Crippen molar-refractivity contribution in [3.63, 3.8) is 0 Å². The van der Waals surface area contributed by atoms with Crippen LogP contribution in [0.3, 0.4) is 0 Å². The summed E-state index contributed by atoms with van der Waals surface area (Å²) in [6, 6.07) is 2.03. The van der Waals surface area contributed by atoms with Gasteiger partial charge < -0.3 is 0 Å². The van der Waals surface area contributed by atoms with Gasteiger partial charge in [-0.3, -0.25) is 4.79 Å². The van der Waals surface area contributed by atoms with Crippen molar-refractivity contribution in [1.29, 1.82) is 5.26 Å². The number of nitriles is 1. The molecule has 0 N–H and O–H groups in total. The number of hydrogen-bond donors (Lipinski definition) is 0. The van der Waals surface area contributed by atoms with Gasteiger partial charge in [-0.15, -0.1) is 11.6 Å². The summed E-state index contributed by atoms with van der Waals surface area (Å²) in [4.78, 5) is 11.0. The minimum absolute atomic E-state index is 0.000509. The molecule has 0 atom stereocenters. The van der Waals surface area contributed by atoms with Gasteiger partial charge in [0.25, 0.3) is 0 Å². The highest BCUT2D eigenvalue weighted by atomic mass is 35.5. The van der Waals surface area contributed by atoms with Crippen LogP contribution < -0.4 is 0 Å². The Balaban J connectivity index is 2.85. The average molecular weight is 170 g/mol. The molecule has 1 aliphatic carbocycles. The predicted octanol–water partition coefficient (Wildman–Crippen LogP) is 1.80. The first kappa shape index (κ1) is 8.29. The van der Waals surface area contributed by atoms with Crippen LogP contribution in [0.5, 0.6) is 0 Å². The summed E-state index contributed by atoms with van der Waals surface area (Å²) in [5.41, 5.74) is 1.29. The molecule has 58 valence electrons. The van der Waals surface area contributed by atoms with E-state index in [1.54, 1.807) is 0 Å². The number of carbonyl (C=O) groups is 1. The van der Waals surface area contributed by atoms with Crippen molar-refractivity contribution in [2.45, 2.75) is 19.3 Å². The van der Waals surface area contributed by atoms with Gasteiger partial charge in [-0.2, -0.15) is 5.26 Å². The van der Waals surface area contributed by atoms with Crippen molar-refractivity contribution < 1.29 is 4.79 Å². The zero-order valence-corrected chi connectivity index (χ0v) is 6.82. The molecular weight excluding hydrogens is 162 g/mol. The number of nitrogens with zero attached hydrogens (tertiary/aromatic N) is 1. The molecule has 0 bridgehead atoms. The molecule has 3 heteroatoms. The van der Waals surface area contributed by atoms with Gasteiger partial charge in [-0.1, -0.05) is 0 Å². The summed E-state index contributed by atoms with van der Waals surface area (Å²) in [6.07, 6.45) is 2.39. The normalized spacial score (nSPS) is 16.7. The molecule has 0 heterocycles. The number of ketones is 1. The Hall–Kier alpha value is -0.810. The zero-order chi connectivity index (χ0) is 8.27. The first-order valence-corrected chi connectivity index (χ1v) is 4.04. The summed E-state index contributed by atoms with van der Waals surface area (Å²) < 4.78 is 0. The van der Waals surface area contributed by atoms with Crippen LogP contribution in [0.1, 0.15) is 19.3 Å². The van der Waals surface area contributed by atoms with E-state index in [2.05, 4.69) is 0 Å². The number of hydrogen-bond acceptors (Lipinski definition) is 2. The second-order valence-corrected chi connectivity index (χ2v) is 2.75. The van der Waals surface area contributed by atoms with Crippen LogP contribution in [0.15, 0.2) is 11.1 Å². The van der Waals surface area contributed by atoms with E-state index in [1.165, 1.54) is 0 Å². The maximum Gasteiger partial charge on any atom is 0.174 e. The van der Waals surface area contributed by atoms with Gasteiger partial charge in [0.05, 0.1) is 11.9 Å². The average Bonchev–Trinajstić information content (AvgIpc) is 2.50. The van der Waals surface area contributed by atoms with Crippen molar-refractivity contribution in [2.24, 2.45) is 0 Å². The van der Waals surface area contributed by atoms with Crippen LogP contribution in [-0.4, -0.2) is 11.7 Å². The van der Waals surface area contributed by atoms with E-state index >= 15 is 0 Å². The molecule has 0 amide bonds. The Morgan fingerprint density at radius 2 is 2.36 bits per heavy atom. The number of halogens is 1. The first-order chi connectivity index (χ1) is 5.29. The fourth-order valence-corrected chi connectivity index (χ4v) is 1.42. The Morgan fingerprint density at radius 3 is 2.91 bits per heavy atom. The highest BCUT2D eigenvalue weighted by molar-refractivity contribution is 6.30. The van der Waals surface area contributed by atoms with Crippen LogP contribution in [0.25, 0.3) is 0 Å². The summed E-state index contributed by atoms with van der Waals surface area (Å²) in [7, 11) is 0. The minimum atomic E-state index is -0.0827. The number of carbonyl (C=O) groups excluding carboxylic acids is 1. The van der Waals surface area contributed by atoms with E-state index in [-0.39, 0.29) is 11.7 Å². The van der Waals surface area contributed by atoms with Crippen LogP contribution in [0, 0.1) is 11.3 Å². The third-order valence-electron chi connectivity index (χ3n) is 1.81. The molecule has 0 fully saturated rings. The lowest BCUT2D eigenvalue weighted by Gasteiger charge is -1.95. The van der Waals surface area contributed by atoms with E-state index in [0.29, 0.717) is 11.1 Å². The summed E-state index contributed by atoms with van der Waals surface area (Å²) in [5, 5.41) is 8.58. The molecule has 1 aliphatic rings. The van der Waals surface area contributed by atoms with Gasteiger partial charge in [0.1, 0.15) is 0 Å². The summed E-state index contributed by atoms with van der Waals surface area (Å²) in [5.74, 6) is -0.0822. The Labute approximate surface area is 70.5 Å². The van der Waals surface area contributed by atoms with Crippen LogP contribution >= 0.6 is 11.6 Å². The Bertz CT molecular complexity index is 249. The number of allylic oxidation sites excluding steroid dienone is 2. The van der Waals surface area contributed by atoms with Gasteiger partial charge >= 0.3 is 0 Å². The third kappa shape index (κ3) is 1.61. The highest BCUT2D eigenvalue weighted by Gasteiger charge is 2.19. The molecule has 0 aromatic rings. The molecule has 0 aliphatic heterocycles. The van der Waals surface area contributed by atoms with Crippen LogP contribution in [0.2, 0.25) is 0 Å². The predicted molar refractivity (Wildman–Crippen MR) is 42.2 cm³/mol. The quantitative estimate of drug-likeness (QED) is 0.592. The Kier molecular flexibility index (Phi) is 2.67. The fourth-order valence-electron chi connectivity index (χ4n) is 1.26. The second-order valence-electron chi connectivity index (χ2n) is 2.48. The molecule has 2 nitrogen and oxygen atoms in total. The third-order valence-corrected chi connectivity index (χ3v) is 2.05. The number of rotatable bonds is 2. The van der Waals surface area contributed by atoms with E-state index < -0.39 is 0 Å². The van der Waals surface area contributed by atoms with Gasteiger partial charge in [-0.25, -0.2) is 0 Å². The smallest absolute Gasteiger partial charge is 0.174 e. The monoisotopic (exact) mass is 169 g/mol. The zero-order valence-electron chi connectivity index (χ0n) is 6.06. The number of alkyl halides is 1. The Morgan fingerprint density at radius 1 is 1.64 bits per heavy atom. The largest absolute Gasteiger partial charge is 0.293 e. The molecule has 1 rings (SSSR count). The van der Waals surface area contributed by atoms with Gasteiger partial charge in [0, 0.05) is 11.1 Å².